The highest BCUT2D eigenvalue weighted by molar-refractivity contribution is 7.23. The molecule has 1 aliphatic carbocycles. The van der Waals surface area contributed by atoms with Gasteiger partial charge >= 0.3 is 0 Å². The maximum Gasteiger partial charge on any atom is 0.0593 e. The quantitative estimate of drug-likeness (QED) is 0.0647. The summed E-state index contributed by atoms with van der Waals surface area (Å²) in [6.07, 6.45) is 19.3. The third kappa shape index (κ3) is 19.6. The second-order valence-corrected chi connectivity index (χ2v) is 24.0. The zero-order valence-corrected chi connectivity index (χ0v) is 44.3. The number of hydrogen-bond donors (Lipinski definition) is 0. The van der Waals surface area contributed by atoms with Gasteiger partial charge in [0.1, 0.15) is 0 Å². The first kappa shape index (κ1) is 54.5. The zero-order chi connectivity index (χ0) is 45.1. The Balaban J connectivity index is 1.61. The van der Waals surface area contributed by atoms with Crippen molar-refractivity contribution in [2.45, 2.75) is 154 Å². The smallest absolute Gasteiger partial charge is 0.0593 e. The number of fused-ring (bicyclic) bond motifs is 3. The summed E-state index contributed by atoms with van der Waals surface area (Å²) < 4.78 is 6.33. The van der Waals surface area contributed by atoms with Crippen LogP contribution in [0.2, 0.25) is 0 Å². The van der Waals surface area contributed by atoms with Crippen LogP contribution < -0.4 is 0 Å². The third-order valence-electron chi connectivity index (χ3n) is 12.8. The van der Waals surface area contributed by atoms with Crippen molar-refractivity contribution in [1.29, 1.82) is 0 Å². The summed E-state index contributed by atoms with van der Waals surface area (Å²) >= 11 is 4.21. The highest BCUT2D eigenvalue weighted by atomic mass is 32.1. The molecule has 7 nitrogen and oxygen atoms in total. The van der Waals surface area contributed by atoms with Gasteiger partial charge < -0.3 is 34.1 Å². The van der Waals surface area contributed by atoms with E-state index in [0.29, 0.717) is 0 Å². The average Bonchev–Trinajstić information content (AvgIpc) is 3.86. The molecule has 0 aliphatic heterocycles. The molecular weight excluding hydrogens is 789 g/mol. The predicted octanol–water partition coefficient (Wildman–Crippen LogP) is 11.4. The van der Waals surface area contributed by atoms with Crippen molar-refractivity contribution in [3.8, 4) is 9.75 Å². The summed E-state index contributed by atoms with van der Waals surface area (Å²) in [5.41, 5.74) is 3.83. The molecule has 2 heterocycles. The minimum absolute atomic E-state index is 0.144. The number of ether oxygens (including phenoxy) is 1. The first-order valence-corrected chi connectivity index (χ1v) is 26.4. The Labute approximate surface area is 386 Å². The van der Waals surface area contributed by atoms with Gasteiger partial charge in [0, 0.05) is 38.1 Å². The van der Waals surface area contributed by atoms with Gasteiger partial charge in [0.2, 0.25) is 0 Å². The molecule has 2 aromatic heterocycles. The summed E-state index contributed by atoms with van der Waals surface area (Å²) in [6, 6.07) is 5.33. The van der Waals surface area contributed by atoms with Gasteiger partial charge in [-0.3, -0.25) is 0 Å². The fourth-order valence-corrected chi connectivity index (χ4v) is 11.9. The number of nitrogens with zero attached hydrogens (tertiary/aromatic N) is 6. The molecule has 1 aliphatic rings. The topological polar surface area (TPSA) is 28.7 Å². The first-order valence-electron chi connectivity index (χ1n) is 24.7. The molecular formula is C52H98N6OS2. The molecule has 354 valence electrons. The number of unbranched alkanes of at least 4 members (excludes halogenated alkanes) is 7. The average molecular weight is 888 g/mol. The van der Waals surface area contributed by atoms with Crippen LogP contribution in [0, 0.1) is 0 Å². The molecule has 0 unspecified atom stereocenters. The van der Waals surface area contributed by atoms with Gasteiger partial charge in [-0.25, -0.2) is 0 Å². The number of thiophene rings is 2. The van der Waals surface area contributed by atoms with E-state index < -0.39 is 0 Å². The summed E-state index contributed by atoms with van der Waals surface area (Å²) in [5.74, 6) is 0. The molecule has 0 bridgehead atoms. The van der Waals surface area contributed by atoms with Crippen molar-refractivity contribution in [2.24, 2.45) is 0 Å². The van der Waals surface area contributed by atoms with Crippen LogP contribution in [0.25, 0.3) is 9.75 Å². The van der Waals surface area contributed by atoms with Crippen LogP contribution in [0.4, 0.5) is 0 Å². The Hall–Kier alpha value is -0.880. The lowest BCUT2D eigenvalue weighted by Crippen LogP contribution is -2.33. The molecule has 0 saturated carbocycles. The second kappa shape index (κ2) is 27.6. The van der Waals surface area contributed by atoms with Gasteiger partial charge in [-0.15, -0.1) is 22.7 Å². The molecule has 0 atom stereocenters. The molecule has 0 saturated heterocycles. The maximum atomic E-state index is 6.33. The first-order chi connectivity index (χ1) is 28.8. The van der Waals surface area contributed by atoms with Crippen LogP contribution in [0.3, 0.4) is 0 Å². The van der Waals surface area contributed by atoms with E-state index in [1.165, 1.54) is 123 Å². The predicted molar refractivity (Wildman–Crippen MR) is 273 cm³/mol. The molecule has 2 aromatic rings. The molecule has 0 radical (unpaired) electrons. The van der Waals surface area contributed by atoms with Gasteiger partial charge in [-0.05, 0) is 201 Å². The SMILES string of the molecule is CN(C)CCCN(CCCCCCCCC1(CCCCCOCCN(CCCN(C)C)CCCN(C)C)c2cc(C(C)(C)C)sc2-c2sc(C(C)(C)C)cc21)CCCN(C)C. The normalized spacial score (nSPS) is 14.3. The molecule has 0 spiro atoms. The summed E-state index contributed by atoms with van der Waals surface area (Å²) in [5, 5.41) is 0. The van der Waals surface area contributed by atoms with Crippen molar-refractivity contribution in [1.82, 2.24) is 29.4 Å². The molecule has 9 heteroatoms. The molecule has 61 heavy (non-hydrogen) atoms. The van der Waals surface area contributed by atoms with Crippen LogP contribution in [-0.2, 0) is 21.0 Å². The Bertz CT molecular complexity index is 1310. The van der Waals surface area contributed by atoms with Crippen LogP contribution in [-0.4, -0.2) is 164 Å². The largest absolute Gasteiger partial charge is 0.380 e. The molecule has 0 N–H and O–H groups in total. The fourth-order valence-electron chi connectivity index (χ4n) is 9.06. The van der Waals surface area contributed by atoms with Gasteiger partial charge in [0.05, 0.1) is 6.61 Å². The van der Waals surface area contributed by atoms with E-state index >= 15 is 0 Å². The minimum atomic E-state index is 0.144. The van der Waals surface area contributed by atoms with Crippen LogP contribution in [0.5, 0.6) is 0 Å². The standard InChI is InChI=1S/C52H98N6OS2/c1-50(2,3)46-42-44-48(60-46)49-45(43-47(61-49)51(4,5)6)52(44,28-20-17-15-16-18-22-34-57(35-24-30-53(7)8)36-25-31-54(9)10)29-21-19-23-40-59-41-39-58(37-26-32-55(11)12)38-27-33-56(13)14/h42-43H,15-41H2,1-14H3. The van der Waals surface area contributed by atoms with Crippen molar-refractivity contribution < 1.29 is 4.74 Å². The lowest BCUT2D eigenvalue weighted by molar-refractivity contribution is 0.0977. The fraction of sp³-hybridized carbons (Fsp3) is 0.846. The lowest BCUT2D eigenvalue weighted by atomic mass is 9.70. The molecule has 3 rings (SSSR count). The second-order valence-electron chi connectivity index (χ2n) is 21.9. The summed E-state index contributed by atoms with van der Waals surface area (Å²) in [6.45, 7) is 27.9. The van der Waals surface area contributed by atoms with Gasteiger partial charge in [-0.2, -0.15) is 0 Å². The Morgan fingerprint density at radius 2 is 0.754 bits per heavy atom. The van der Waals surface area contributed by atoms with E-state index in [0.717, 1.165) is 52.4 Å². The lowest BCUT2D eigenvalue weighted by Gasteiger charge is -2.32. The third-order valence-corrected chi connectivity index (χ3v) is 16.1. The van der Waals surface area contributed by atoms with E-state index in [2.05, 4.69) is 162 Å². The van der Waals surface area contributed by atoms with E-state index in [1.807, 2.05) is 0 Å². The van der Waals surface area contributed by atoms with Gasteiger partial charge in [-0.1, -0.05) is 86.5 Å². The number of rotatable bonds is 34. The Morgan fingerprint density at radius 1 is 0.410 bits per heavy atom. The van der Waals surface area contributed by atoms with Crippen LogP contribution in [0.1, 0.15) is 159 Å². The molecule has 0 fully saturated rings. The molecule has 0 amide bonds. The van der Waals surface area contributed by atoms with Crippen molar-refractivity contribution in [3.05, 3.63) is 33.0 Å². The zero-order valence-electron chi connectivity index (χ0n) is 42.7. The summed E-state index contributed by atoms with van der Waals surface area (Å²) in [7, 11) is 17.5. The van der Waals surface area contributed by atoms with E-state index in [4.69, 9.17) is 4.74 Å². The van der Waals surface area contributed by atoms with E-state index in [-0.39, 0.29) is 16.2 Å². The van der Waals surface area contributed by atoms with Gasteiger partial charge in [0.15, 0.2) is 0 Å². The Kier molecular flexibility index (Phi) is 24.6. The molecule has 0 aromatic carbocycles. The maximum absolute atomic E-state index is 6.33. The Morgan fingerprint density at radius 3 is 1.15 bits per heavy atom. The van der Waals surface area contributed by atoms with E-state index in [1.54, 1.807) is 30.6 Å². The highest BCUT2D eigenvalue weighted by Gasteiger charge is 2.46. The van der Waals surface area contributed by atoms with Crippen molar-refractivity contribution in [3.63, 3.8) is 0 Å². The van der Waals surface area contributed by atoms with Crippen LogP contribution >= 0.6 is 22.7 Å². The minimum Gasteiger partial charge on any atom is -0.380 e. The van der Waals surface area contributed by atoms with E-state index in [9.17, 15) is 0 Å². The van der Waals surface area contributed by atoms with Crippen molar-refractivity contribution in [2.75, 3.05) is 135 Å². The van der Waals surface area contributed by atoms with Crippen molar-refractivity contribution >= 4 is 22.7 Å². The monoisotopic (exact) mass is 887 g/mol. The van der Waals surface area contributed by atoms with Gasteiger partial charge in [0.25, 0.3) is 0 Å². The highest BCUT2D eigenvalue weighted by Crippen LogP contribution is 2.61. The summed E-state index contributed by atoms with van der Waals surface area (Å²) in [4.78, 5) is 20.9. The van der Waals surface area contributed by atoms with Crippen LogP contribution in [0.15, 0.2) is 12.1 Å². The number of hydrogen-bond acceptors (Lipinski definition) is 9.